The molecule has 0 radical (unpaired) electrons. The second-order valence-corrected chi connectivity index (χ2v) is 9.10. The smallest absolute Gasteiger partial charge is 0.224 e. The Morgan fingerprint density at radius 1 is 1.04 bits per heavy atom. The minimum absolute atomic E-state index is 0.0304. The predicted molar refractivity (Wildman–Crippen MR) is 115 cm³/mol. The van der Waals surface area contributed by atoms with Gasteiger partial charge in [0.15, 0.2) is 0 Å². The normalized spacial score (nSPS) is 22.9. The standard InChI is InChI=1S/C24H24N2OS/c27-22(25-16-24(14-15-24)17-8-2-1-3-9-17)18-10-4-5-11-19(18)23-26-20-12-6-7-13-21(20)28-23/h1-9,12-13,18-19H,10-11,14-16H2,(H,25,27). The van der Waals surface area contributed by atoms with Crippen molar-refractivity contribution in [3.8, 4) is 0 Å². The molecule has 142 valence electrons. The zero-order chi connectivity index (χ0) is 19.0. The Morgan fingerprint density at radius 3 is 2.57 bits per heavy atom. The first-order valence-electron chi connectivity index (χ1n) is 10.1. The number of nitrogens with one attached hydrogen (secondary N) is 1. The molecule has 1 heterocycles. The minimum Gasteiger partial charge on any atom is -0.355 e. The molecule has 4 heteroatoms. The van der Waals surface area contributed by atoms with Gasteiger partial charge in [-0.3, -0.25) is 4.79 Å². The first-order chi connectivity index (χ1) is 13.8. The summed E-state index contributed by atoms with van der Waals surface area (Å²) in [5.41, 5.74) is 2.53. The number of allylic oxidation sites excluding steroid dienone is 2. The predicted octanol–water partition coefficient (Wildman–Crippen LogP) is 5.19. The average Bonchev–Trinajstić information content (AvgIpc) is 3.43. The quantitative estimate of drug-likeness (QED) is 0.611. The number of hydrogen-bond donors (Lipinski definition) is 1. The summed E-state index contributed by atoms with van der Waals surface area (Å²) in [4.78, 5) is 18.0. The average molecular weight is 389 g/mol. The molecular weight excluding hydrogens is 364 g/mol. The number of carbonyl (C=O) groups is 1. The molecule has 1 N–H and O–H groups in total. The third-order valence-electron chi connectivity index (χ3n) is 6.24. The summed E-state index contributed by atoms with van der Waals surface area (Å²) in [6, 6.07) is 18.8. The van der Waals surface area contributed by atoms with Crippen molar-refractivity contribution in [1.29, 1.82) is 0 Å². The number of aromatic nitrogens is 1. The topological polar surface area (TPSA) is 42.0 Å². The van der Waals surface area contributed by atoms with E-state index in [1.54, 1.807) is 11.3 Å². The molecule has 0 bridgehead atoms. The maximum atomic E-state index is 13.1. The number of rotatable bonds is 5. The Kier molecular flexibility index (Phi) is 4.52. The molecule has 28 heavy (non-hydrogen) atoms. The van der Waals surface area contributed by atoms with Gasteiger partial charge >= 0.3 is 0 Å². The Morgan fingerprint density at radius 2 is 1.79 bits per heavy atom. The highest BCUT2D eigenvalue weighted by Crippen LogP contribution is 2.47. The van der Waals surface area contributed by atoms with E-state index in [1.165, 1.54) is 10.3 Å². The van der Waals surface area contributed by atoms with Gasteiger partial charge in [0.05, 0.1) is 21.1 Å². The summed E-state index contributed by atoms with van der Waals surface area (Å²) in [7, 11) is 0. The van der Waals surface area contributed by atoms with E-state index >= 15 is 0 Å². The fourth-order valence-electron chi connectivity index (χ4n) is 4.32. The van der Waals surface area contributed by atoms with Gasteiger partial charge in [-0.25, -0.2) is 4.98 Å². The van der Waals surface area contributed by atoms with Crippen molar-refractivity contribution >= 4 is 27.5 Å². The molecular formula is C24H24N2OS. The van der Waals surface area contributed by atoms with Crippen LogP contribution in [-0.4, -0.2) is 17.4 Å². The molecule has 2 aliphatic carbocycles. The molecule has 5 rings (SSSR count). The van der Waals surface area contributed by atoms with E-state index < -0.39 is 0 Å². The van der Waals surface area contributed by atoms with Gasteiger partial charge in [-0.2, -0.15) is 0 Å². The van der Waals surface area contributed by atoms with Crippen molar-refractivity contribution in [2.75, 3.05) is 6.54 Å². The summed E-state index contributed by atoms with van der Waals surface area (Å²) in [5, 5.41) is 4.38. The highest BCUT2D eigenvalue weighted by atomic mass is 32.1. The van der Waals surface area contributed by atoms with Gasteiger partial charge in [0.25, 0.3) is 0 Å². The van der Waals surface area contributed by atoms with Crippen molar-refractivity contribution in [3.63, 3.8) is 0 Å². The van der Waals surface area contributed by atoms with Gasteiger partial charge in [-0.15, -0.1) is 11.3 Å². The number of para-hydroxylation sites is 1. The monoisotopic (exact) mass is 388 g/mol. The molecule has 0 saturated heterocycles. The van der Waals surface area contributed by atoms with E-state index in [0.29, 0.717) is 0 Å². The molecule has 3 aromatic rings. The Bertz CT molecular complexity index is 986. The largest absolute Gasteiger partial charge is 0.355 e. The summed E-state index contributed by atoms with van der Waals surface area (Å²) >= 11 is 1.73. The van der Waals surface area contributed by atoms with Crippen LogP contribution >= 0.6 is 11.3 Å². The third-order valence-corrected chi connectivity index (χ3v) is 7.41. The fraction of sp³-hybridized carbons (Fsp3) is 0.333. The minimum atomic E-state index is -0.0304. The van der Waals surface area contributed by atoms with Crippen LogP contribution in [0.2, 0.25) is 0 Å². The molecule has 2 aromatic carbocycles. The number of benzene rings is 2. The lowest BCUT2D eigenvalue weighted by atomic mass is 9.82. The molecule has 1 amide bonds. The second kappa shape index (κ2) is 7.17. The molecule has 0 spiro atoms. The van der Waals surface area contributed by atoms with Gasteiger partial charge in [-0.1, -0.05) is 54.6 Å². The van der Waals surface area contributed by atoms with Crippen molar-refractivity contribution in [3.05, 3.63) is 77.3 Å². The lowest BCUT2D eigenvalue weighted by Gasteiger charge is -2.27. The Hall–Kier alpha value is -2.46. The number of nitrogens with zero attached hydrogens (tertiary/aromatic N) is 1. The third kappa shape index (κ3) is 3.26. The summed E-state index contributed by atoms with van der Waals surface area (Å²) < 4.78 is 1.20. The molecule has 0 aliphatic heterocycles. The van der Waals surface area contributed by atoms with Gasteiger partial charge in [0, 0.05) is 17.9 Å². The van der Waals surface area contributed by atoms with Crippen molar-refractivity contribution in [2.24, 2.45) is 5.92 Å². The zero-order valence-corrected chi connectivity index (χ0v) is 16.6. The highest BCUT2D eigenvalue weighted by Gasteiger charge is 2.44. The highest BCUT2D eigenvalue weighted by molar-refractivity contribution is 7.18. The molecule has 2 atom stereocenters. The SMILES string of the molecule is O=C(NCC1(c2ccccc2)CC1)C1CC=CCC1c1nc2ccccc2s1. The van der Waals surface area contributed by atoms with Crippen molar-refractivity contribution in [1.82, 2.24) is 10.3 Å². The summed E-state index contributed by atoms with van der Waals surface area (Å²) in [6.07, 6.45) is 8.35. The molecule has 1 saturated carbocycles. The maximum Gasteiger partial charge on any atom is 0.224 e. The molecule has 2 unspecified atom stereocenters. The first-order valence-corrected chi connectivity index (χ1v) is 10.9. The number of amides is 1. The van der Waals surface area contributed by atoms with E-state index in [1.807, 2.05) is 12.1 Å². The van der Waals surface area contributed by atoms with Gasteiger partial charge in [0.2, 0.25) is 5.91 Å². The van der Waals surface area contributed by atoms with Crippen LogP contribution in [0.5, 0.6) is 0 Å². The number of fused-ring (bicyclic) bond motifs is 1. The maximum absolute atomic E-state index is 13.1. The van der Waals surface area contributed by atoms with E-state index in [4.69, 9.17) is 4.98 Å². The van der Waals surface area contributed by atoms with Gasteiger partial charge < -0.3 is 5.32 Å². The van der Waals surface area contributed by atoms with E-state index in [-0.39, 0.29) is 23.2 Å². The van der Waals surface area contributed by atoms with Crippen LogP contribution in [-0.2, 0) is 10.2 Å². The number of hydrogen-bond acceptors (Lipinski definition) is 3. The lowest BCUT2D eigenvalue weighted by molar-refractivity contribution is -0.125. The first kappa shape index (κ1) is 17.6. The summed E-state index contributed by atoms with van der Waals surface area (Å²) in [5.74, 6) is 0.322. The summed E-state index contributed by atoms with van der Waals surface area (Å²) in [6.45, 7) is 0.739. The molecule has 2 aliphatic rings. The van der Waals surface area contributed by atoms with E-state index in [2.05, 4.69) is 59.9 Å². The van der Waals surface area contributed by atoms with Crippen molar-refractivity contribution in [2.45, 2.75) is 37.0 Å². The van der Waals surface area contributed by atoms with Crippen LogP contribution in [0.25, 0.3) is 10.2 Å². The van der Waals surface area contributed by atoms with E-state index in [9.17, 15) is 4.79 Å². The lowest BCUT2D eigenvalue weighted by Crippen LogP contribution is -2.39. The van der Waals surface area contributed by atoms with Gasteiger partial charge in [0.1, 0.15) is 0 Å². The second-order valence-electron chi connectivity index (χ2n) is 8.04. The van der Waals surface area contributed by atoms with Crippen LogP contribution in [0.4, 0.5) is 0 Å². The van der Waals surface area contributed by atoms with Crippen molar-refractivity contribution < 1.29 is 4.79 Å². The fourth-order valence-corrected chi connectivity index (χ4v) is 5.47. The number of carbonyl (C=O) groups excluding carboxylic acids is 1. The molecule has 1 fully saturated rings. The number of thiazole rings is 1. The molecule has 3 nitrogen and oxygen atoms in total. The van der Waals surface area contributed by atoms with Crippen LogP contribution in [0.3, 0.4) is 0 Å². The van der Waals surface area contributed by atoms with Crippen LogP contribution in [0.15, 0.2) is 66.7 Å². The van der Waals surface area contributed by atoms with E-state index in [0.717, 1.165) is 42.8 Å². The van der Waals surface area contributed by atoms with Crippen LogP contribution < -0.4 is 5.32 Å². The van der Waals surface area contributed by atoms with Crippen LogP contribution in [0, 0.1) is 5.92 Å². The zero-order valence-electron chi connectivity index (χ0n) is 15.8. The van der Waals surface area contributed by atoms with Crippen LogP contribution in [0.1, 0.15) is 42.2 Å². The Labute approximate surface area is 169 Å². The Balaban J connectivity index is 1.32. The van der Waals surface area contributed by atoms with Gasteiger partial charge in [-0.05, 0) is 43.4 Å². The molecule has 1 aromatic heterocycles.